The molecule has 34 heavy (non-hydrogen) atoms. The van der Waals surface area contributed by atoms with Crippen molar-refractivity contribution in [3.63, 3.8) is 0 Å². The number of rotatable bonds is 7. The lowest BCUT2D eigenvalue weighted by atomic mass is 9.89. The Morgan fingerprint density at radius 2 is 2.12 bits per heavy atom. The quantitative estimate of drug-likeness (QED) is 0.482. The van der Waals surface area contributed by atoms with E-state index in [-0.39, 0.29) is 24.0 Å². The van der Waals surface area contributed by atoms with Crippen LogP contribution < -0.4 is 20.9 Å². The van der Waals surface area contributed by atoms with Gasteiger partial charge in [-0.2, -0.15) is 9.61 Å². The molecule has 2 amide bonds. The molecule has 5 rings (SSSR count). The van der Waals surface area contributed by atoms with Crippen LogP contribution in [0.25, 0.3) is 5.65 Å². The van der Waals surface area contributed by atoms with Crippen LogP contribution in [-0.4, -0.2) is 70.3 Å². The average Bonchev–Trinajstić information content (AvgIpc) is 3.27. The maximum absolute atomic E-state index is 13.2. The van der Waals surface area contributed by atoms with Gasteiger partial charge in [-0.05, 0) is 37.8 Å². The van der Waals surface area contributed by atoms with Crippen molar-refractivity contribution < 1.29 is 14.3 Å². The fraction of sp³-hybridized carbons (Fsp3) is 0.435. The number of carbonyl (C=O) groups is 2. The van der Waals surface area contributed by atoms with Crippen molar-refractivity contribution in [1.82, 2.24) is 24.9 Å². The lowest BCUT2D eigenvalue weighted by Crippen LogP contribution is -2.51. The molecule has 4 heterocycles. The van der Waals surface area contributed by atoms with Crippen molar-refractivity contribution in [3.05, 3.63) is 42.2 Å². The predicted molar refractivity (Wildman–Crippen MR) is 127 cm³/mol. The predicted octanol–water partition coefficient (Wildman–Crippen LogP) is 1.68. The van der Waals surface area contributed by atoms with E-state index in [1.165, 1.54) is 6.20 Å². The SMILES string of the molecule is CNc1cc(N[C@H]2CCCN(c3ccccn3)C2=O)nc2c(C(=O)N[C@@H]3CC[C@H]3OC)cnn12. The summed E-state index contributed by atoms with van der Waals surface area (Å²) in [5.41, 5.74) is 0.775. The second kappa shape index (κ2) is 9.26. The standard InChI is InChI=1S/C23H28N8O3/c1-24-20-12-18(27-16-6-5-11-30(23(16)33)19-7-3-4-10-25-19)29-21-14(13-26-31(20)21)22(32)28-15-8-9-17(15)34-2/h3-4,7,10,12-13,15-17,24H,5-6,8-9,11H2,1-2H3,(H,27,29)(H,28,32)/t15-,16+,17-/m1/s1. The van der Waals surface area contributed by atoms with Crippen LogP contribution in [0.2, 0.25) is 0 Å². The van der Waals surface area contributed by atoms with Gasteiger partial charge in [-0.1, -0.05) is 6.07 Å². The number of methoxy groups -OCH3 is 1. The molecule has 0 radical (unpaired) electrons. The van der Waals surface area contributed by atoms with Crippen LogP contribution in [0, 0.1) is 0 Å². The minimum absolute atomic E-state index is 0.0185. The summed E-state index contributed by atoms with van der Waals surface area (Å²) in [7, 11) is 3.42. The Balaban J connectivity index is 1.39. The third-order valence-electron chi connectivity index (χ3n) is 6.49. The lowest BCUT2D eigenvalue weighted by molar-refractivity contribution is -0.120. The monoisotopic (exact) mass is 464 g/mol. The van der Waals surface area contributed by atoms with E-state index in [0.29, 0.717) is 41.6 Å². The van der Waals surface area contributed by atoms with Crippen molar-refractivity contribution in [3.8, 4) is 0 Å². The molecule has 3 N–H and O–H groups in total. The number of hydrogen-bond donors (Lipinski definition) is 3. The van der Waals surface area contributed by atoms with Crippen LogP contribution in [0.15, 0.2) is 36.7 Å². The smallest absolute Gasteiger partial charge is 0.257 e. The molecule has 11 heteroatoms. The summed E-state index contributed by atoms with van der Waals surface area (Å²) < 4.78 is 6.96. The second-order valence-corrected chi connectivity index (χ2v) is 8.52. The third kappa shape index (κ3) is 4.03. The van der Waals surface area contributed by atoms with Crippen LogP contribution in [0.4, 0.5) is 17.5 Å². The van der Waals surface area contributed by atoms with Gasteiger partial charge in [-0.25, -0.2) is 9.97 Å². The highest BCUT2D eigenvalue weighted by atomic mass is 16.5. The van der Waals surface area contributed by atoms with Gasteiger partial charge in [0.1, 0.15) is 29.1 Å². The largest absolute Gasteiger partial charge is 0.379 e. The van der Waals surface area contributed by atoms with Crippen LogP contribution in [-0.2, 0) is 9.53 Å². The molecule has 2 fully saturated rings. The lowest BCUT2D eigenvalue weighted by Gasteiger charge is -2.35. The van der Waals surface area contributed by atoms with Gasteiger partial charge >= 0.3 is 0 Å². The van der Waals surface area contributed by atoms with Crippen LogP contribution in [0.1, 0.15) is 36.0 Å². The van der Waals surface area contributed by atoms with Gasteiger partial charge in [0.05, 0.1) is 18.3 Å². The number of nitrogens with zero attached hydrogens (tertiary/aromatic N) is 5. The van der Waals surface area contributed by atoms with Gasteiger partial charge in [-0.15, -0.1) is 0 Å². The molecule has 1 saturated heterocycles. The number of aromatic nitrogens is 4. The first-order chi connectivity index (χ1) is 16.6. The summed E-state index contributed by atoms with van der Waals surface area (Å²) in [6.45, 7) is 0.624. The fourth-order valence-electron chi connectivity index (χ4n) is 4.47. The molecule has 1 aliphatic carbocycles. The Labute approximate surface area is 196 Å². The summed E-state index contributed by atoms with van der Waals surface area (Å²) in [6.07, 6.45) is 6.54. The van der Waals surface area contributed by atoms with Gasteiger partial charge in [0, 0.05) is 33.0 Å². The van der Waals surface area contributed by atoms with Crippen molar-refractivity contribution in [1.29, 1.82) is 0 Å². The van der Waals surface area contributed by atoms with Crippen molar-refractivity contribution in [2.45, 2.75) is 43.9 Å². The highest BCUT2D eigenvalue weighted by molar-refractivity contribution is 6.01. The molecule has 2 aliphatic rings. The zero-order chi connectivity index (χ0) is 23.7. The number of pyridine rings is 1. The Bertz CT molecular complexity index is 1200. The fourth-order valence-corrected chi connectivity index (χ4v) is 4.47. The number of nitrogens with one attached hydrogen (secondary N) is 3. The first-order valence-corrected chi connectivity index (χ1v) is 11.5. The molecule has 0 bridgehead atoms. The van der Waals surface area contributed by atoms with Crippen LogP contribution in [0.5, 0.6) is 0 Å². The number of ether oxygens (including phenoxy) is 1. The molecular weight excluding hydrogens is 436 g/mol. The third-order valence-corrected chi connectivity index (χ3v) is 6.49. The first kappa shape index (κ1) is 22.1. The number of hydrogen-bond acceptors (Lipinski definition) is 8. The van der Waals surface area contributed by atoms with Crippen molar-refractivity contribution >= 4 is 34.9 Å². The Morgan fingerprint density at radius 1 is 1.24 bits per heavy atom. The summed E-state index contributed by atoms with van der Waals surface area (Å²) in [4.78, 5) is 36.8. The van der Waals surface area contributed by atoms with Crippen LogP contribution >= 0.6 is 0 Å². The molecule has 11 nitrogen and oxygen atoms in total. The topological polar surface area (TPSA) is 126 Å². The number of carbonyl (C=O) groups excluding carboxylic acids is 2. The summed E-state index contributed by atoms with van der Waals surface area (Å²) in [5, 5.41) is 13.7. The molecule has 1 aliphatic heterocycles. The summed E-state index contributed by atoms with van der Waals surface area (Å²) in [5.74, 6) is 1.47. The number of fused-ring (bicyclic) bond motifs is 1. The van der Waals surface area contributed by atoms with Crippen LogP contribution in [0.3, 0.4) is 0 Å². The minimum atomic E-state index is -0.451. The zero-order valence-corrected chi connectivity index (χ0v) is 19.2. The van der Waals surface area contributed by atoms with Gasteiger partial charge in [-0.3, -0.25) is 14.5 Å². The Hall–Kier alpha value is -3.73. The maximum atomic E-state index is 13.2. The maximum Gasteiger partial charge on any atom is 0.257 e. The van der Waals surface area contributed by atoms with E-state index in [2.05, 4.69) is 31.0 Å². The van der Waals surface area contributed by atoms with Gasteiger partial charge in [0.15, 0.2) is 5.65 Å². The number of anilines is 3. The molecule has 3 atom stereocenters. The van der Waals surface area contributed by atoms with E-state index < -0.39 is 6.04 Å². The van der Waals surface area contributed by atoms with E-state index in [1.807, 2.05) is 18.2 Å². The van der Waals surface area contributed by atoms with E-state index in [4.69, 9.17) is 4.74 Å². The zero-order valence-electron chi connectivity index (χ0n) is 19.2. The Morgan fingerprint density at radius 3 is 2.82 bits per heavy atom. The highest BCUT2D eigenvalue weighted by Crippen LogP contribution is 2.25. The first-order valence-electron chi connectivity index (χ1n) is 11.5. The Kier molecular flexibility index (Phi) is 6.01. The molecule has 3 aromatic rings. The van der Waals surface area contributed by atoms with Gasteiger partial charge < -0.3 is 20.7 Å². The molecule has 0 spiro atoms. The van der Waals surface area contributed by atoms with E-state index in [9.17, 15) is 9.59 Å². The molecular formula is C23H28N8O3. The summed E-state index contributed by atoms with van der Waals surface area (Å²) >= 11 is 0. The average molecular weight is 465 g/mol. The normalized spacial score (nSPS) is 22.4. The number of amides is 2. The van der Waals surface area contributed by atoms with Crippen molar-refractivity contribution in [2.24, 2.45) is 0 Å². The second-order valence-electron chi connectivity index (χ2n) is 8.52. The number of piperidine rings is 1. The molecule has 0 aromatic carbocycles. The summed E-state index contributed by atoms with van der Waals surface area (Å²) in [6, 6.07) is 6.83. The van der Waals surface area contributed by atoms with Gasteiger partial charge in [0.2, 0.25) is 0 Å². The molecule has 1 saturated carbocycles. The van der Waals surface area contributed by atoms with Crippen molar-refractivity contribution in [2.75, 3.05) is 36.2 Å². The van der Waals surface area contributed by atoms with Gasteiger partial charge in [0.25, 0.3) is 11.8 Å². The van der Waals surface area contributed by atoms with E-state index >= 15 is 0 Å². The van der Waals surface area contributed by atoms with E-state index in [1.54, 1.807) is 35.8 Å². The molecule has 178 valence electrons. The van der Waals surface area contributed by atoms with E-state index in [0.717, 1.165) is 19.3 Å². The highest BCUT2D eigenvalue weighted by Gasteiger charge is 2.33. The minimum Gasteiger partial charge on any atom is -0.379 e. The molecule has 0 unspecified atom stereocenters. The molecule has 3 aromatic heterocycles.